The average Bonchev–Trinajstić information content (AvgIpc) is 2.87. The SMILES string of the molecule is Cc1ccc(NC(C)c2cc3ccccc3o2)cc1I. The lowest BCUT2D eigenvalue weighted by molar-refractivity contribution is 0.526. The van der Waals surface area contributed by atoms with Crippen LogP contribution in [0.2, 0.25) is 0 Å². The maximum absolute atomic E-state index is 5.89. The van der Waals surface area contributed by atoms with Crippen molar-refractivity contribution >= 4 is 39.2 Å². The van der Waals surface area contributed by atoms with Gasteiger partial charge in [-0.3, -0.25) is 0 Å². The van der Waals surface area contributed by atoms with Crippen LogP contribution in [0.4, 0.5) is 5.69 Å². The predicted molar refractivity (Wildman–Crippen MR) is 92.1 cm³/mol. The number of rotatable bonds is 3. The van der Waals surface area contributed by atoms with E-state index in [9.17, 15) is 0 Å². The molecule has 0 saturated heterocycles. The number of hydrogen-bond acceptors (Lipinski definition) is 2. The van der Waals surface area contributed by atoms with Gasteiger partial charge in [0, 0.05) is 14.6 Å². The normalized spacial score (nSPS) is 12.6. The lowest BCUT2D eigenvalue weighted by Gasteiger charge is -2.13. The summed E-state index contributed by atoms with van der Waals surface area (Å²) in [6.07, 6.45) is 0. The minimum atomic E-state index is 0.140. The Balaban J connectivity index is 1.84. The van der Waals surface area contributed by atoms with E-state index in [0.717, 1.165) is 22.4 Å². The van der Waals surface area contributed by atoms with Gasteiger partial charge in [0.1, 0.15) is 11.3 Å². The van der Waals surface area contributed by atoms with E-state index in [1.54, 1.807) is 0 Å². The highest BCUT2D eigenvalue weighted by molar-refractivity contribution is 14.1. The van der Waals surface area contributed by atoms with Crippen molar-refractivity contribution < 1.29 is 4.42 Å². The fourth-order valence-electron chi connectivity index (χ4n) is 2.22. The van der Waals surface area contributed by atoms with E-state index in [1.165, 1.54) is 9.13 Å². The summed E-state index contributed by atoms with van der Waals surface area (Å²) in [5.74, 6) is 0.960. The molecule has 2 nitrogen and oxygen atoms in total. The summed E-state index contributed by atoms with van der Waals surface area (Å²) in [7, 11) is 0. The molecular formula is C17H16INO. The summed E-state index contributed by atoms with van der Waals surface area (Å²) in [4.78, 5) is 0. The molecule has 0 radical (unpaired) electrons. The second-order valence-electron chi connectivity index (χ2n) is 5.02. The molecule has 0 bridgehead atoms. The van der Waals surface area contributed by atoms with Gasteiger partial charge in [-0.15, -0.1) is 0 Å². The number of halogens is 1. The van der Waals surface area contributed by atoms with Crippen LogP contribution in [0.1, 0.15) is 24.3 Å². The van der Waals surface area contributed by atoms with Gasteiger partial charge >= 0.3 is 0 Å². The van der Waals surface area contributed by atoms with Crippen molar-refractivity contribution in [2.75, 3.05) is 5.32 Å². The topological polar surface area (TPSA) is 25.2 Å². The Morgan fingerprint density at radius 1 is 1.10 bits per heavy atom. The van der Waals surface area contributed by atoms with E-state index >= 15 is 0 Å². The third-order valence-corrected chi connectivity index (χ3v) is 4.59. The highest BCUT2D eigenvalue weighted by Gasteiger charge is 2.11. The van der Waals surface area contributed by atoms with E-state index in [4.69, 9.17) is 4.42 Å². The molecule has 0 aliphatic rings. The lowest BCUT2D eigenvalue weighted by Crippen LogP contribution is -2.05. The van der Waals surface area contributed by atoms with E-state index in [-0.39, 0.29) is 6.04 Å². The first kappa shape index (κ1) is 13.5. The molecule has 0 saturated carbocycles. The minimum absolute atomic E-state index is 0.140. The number of fused-ring (bicyclic) bond motifs is 1. The van der Waals surface area contributed by atoms with Gasteiger partial charge in [-0.1, -0.05) is 24.3 Å². The Labute approximate surface area is 132 Å². The van der Waals surface area contributed by atoms with Crippen LogP contribution < -0.4 is 5.32 Å². The van der Waals surface area contributed by atoms with Crippen molar-refractivity contribution in [3.8, 4) is 0 Å². The molecule has 1 N–H and O–H groups in total. The summed E-state index contributed by atoms with van der Waals surface area (Å²) in [6, 6.07) is 16.7. The Morgan fingerprint density at radius 3 is 2.65 bits per heavy atom. The quantitative estimate of drug-likeness (QED) is 0.608. The van der Waals surface area contributed by atoms with Gasteiger partial charge in [0.2, 0.25) is 0 Å². The molecular weight excluding hydrogens is 361 g/mol. The van der Waals surface area contributed by atoms with Crippen LogP contribution in [0.15, 0.2) is 52.9 Å². The molecule has 3 rings (SSSR count). The van der Waals surface area contributed by atoms with E-state index in [0.29, 0.717) is 0 Å². The number of anilines is 1. The third-order valence-electron chi connectivity index (χ3n) is 3.43. The first-order valence-corrected chi connectivity index (χ1v) is 7.72. The number of nitrogens with one attached hydrogen (secondary N) is 1. The first-order chi connectivity index (χ1) is 9.63. The van der Waals surface area contributed by atoms with Crippen molar-refractivity contribution in [1.29, 1.82) is 0 Å². The zero-order valence-electron chi connectivity index (χ0n) is 11.5. The van der Waals surface area contributed by atoms with Gasteiger partial charge in [-0.05, 0) is 66.3 Å². The fraction of sp³-hybridized carbons (Fsp3) is 0.176. The largest absolute Gasteiger partial charge is 0.459 e. The first-order valence-electron chi connectivity index (χ1n) is 6.64. The summed E-state index contributed by atoms with van der Waals surface area (Å²) in [5, 5.41) is 4.64. The van der Waals surface area contributed by atoms with Crippen molar-refractivity contribution in [2.24, 2.45) is 0 Å². The lowest BCUT2D eigenvalue weighted by atomic mass is 10.2. The third kappa shape index (κ3) is 2.68. The van der Waals surface area contributed by atoms with E-state index < -0.39 is 0 Å². The minimum Gasteiger partial charge on any atom is -0.459 e. The van der Waals surface area contributed by atoms with Crippen LogP contribution in [-0.2, 0) is 0 Å². The van der Waals surface area contributed by atoms with Crippen molar-refractivity contribution in [1.82, 2.24) is 0 Å². The van der Waals surface area contributed by atoms with Gasteiger partial charge < -0.3 is 9.73 Å². The molecule has 1 atom stereocenters. The van der Waals surface area contributed by atoms with Crippen molar-refractivity contribution in [3.63, 3.8) is 0 Å². The molecule has 0 spiro atoms. The van der Waals surface area contributed by atoms with E-state index in [1.807, 2.05) is 18.2 Å². The predicted octanol–water partition coefficient (Wildman–Crippen LogP) is 5.52. The monoisotopic (exact) mass is 377 g/mol. The van der Waals surface area contributed by atoms with Gasteiger partial charge in [0.25, 0.3) is 0 Å². The average molecular weight is 377 g/mol. The number of hydrogen-bond donors (Lipinski definition) is 1. The molecule has 0 aliphatic heterocycles. The highest BCUT2D eigenvalue weighted by atomic mass is 127. The standard InChI is InChI=1S/C17H16INO/c1-11-7-8-14(10-15(11)18)19-12(2)17-9-13-5-3-4-6-16(13)20-17/h3-10,12,19H,1-2H3. The van der Waals surface area contributed by atoms with Crippen LogP contribution >= 0.6 is 22.6 Å². The molecule has 1 aromatic heterocycles. The van der Waals surface area contributed by atoms with Crippen LogP contribution in [0.3, 0.4) is 0 Å². The van der Waals surface area contributed by atoms with Gasteiger partial charge in [-0.2, -0.15) is 0 Å². The molecule has 0 amide bonds. The molecule has 1 heterocycles. The van der Waals surface area contributed by atoms with Crippen LogP contribution in [0, 0.1) is 10.5 Å². The molecule has 1 unspecified atom stereocenters. The van der Waals surface area contributed by atoms with E-state index in [2.05, 4.69) is 72.1 Å². The molecule has 20 heavy (non-hydrogen) atoms. The number of aryl methyl sites for hydroxylation is 1. The molecule has 3 aromatic rings. The Kier molecular flexibility index (Phi) is 3.70. The highest BCUT2D eigenvalue weighted by Crippen LogP contribution is 2.27. The number of benzene rings is 2. The van der Waals surface area contributed by atoms with Crippen LogP contribution in [0.25, 0.3) is 11.0 Å². The summed E-state index contributed by atoms with van der Waals surface area (Å²) in [5.41, 5.74) is 3.36. The zero-order valence-corrected chi connectivity index (χ0v) is 13.6. The van der Waals surface area contributed by atoms with Gasteiger partial charge in [0.15, 0.2) is 0 Å². The molecule has 2 aromatic carbocycles. The molecule has 102 valence electrons. The molecule has 0 aliphatic carbocycles. The Hall–Kier alpha value is -1.49. The number of para-hydroxylation sites is 1. The van der Waals surface area contributed by atoms with Crippen LogP contribution in [0.5, 0.6) is 0 Å². The second-order valence-corrected chi connectivity index (χ2v) is 6.18. The maximum Gasteiger partial charge on any atom is 0.134 e. The summed E-state index contributed by atoms with van der Waals surface area (Å²) < 4.78 is 7.16. The zero-order chi connectivity index (χ0) is 14.1. The summed E-state index contributed by atoms with van der Waals surface area (Å²) in [6.45, 7) is 4.23. The molecule has 3 heteroatoms. The molecule has 0 fully saturated rings. The second kappa shape index (κ2) is 5.48. The number of furan rings is 1. The Morgan fingerprint density at radius 2 is 1.90 bits per heavy atom. The fourth-order valence-corrected chi connectivity index (χ4v) is 2.73. The van der Waals surface area contributed by atoms with Gasteiger partial charge in [0.05, 0.1) is 6.04 Å². The maximum atomic E-state index is 5.89. The van der Waals surface area contributed by atoms with Crippen LogP contribution in [-0.4, -0.2) is 0 Å². The van der Waals surface area contributed by atoms with Crippen molar-refractivity contribution in [2.45, 2.75) is 19.9 Å². The Bertz CT molecular complexity index is 715. The van der Waals surface area contributed by atoms with Crippen molar-refractivity contribution in [3.05, 3.63) is 63.4 Å². The summed E-state index contributed by atoms with van der Waals surface area (Å²) >= 11 is 2.36. The smallest absolute Gasteiger partial charge is 0.134 e. The van der Waals surface area contributed by atoms with Gasteiger partial charge in [-0.25, -0.2) is 0 Å².